The maximum atomic E-state index is 14.7. The first-order chi connectivity index (χ1) is 20.4. The summed E-state index contributed by atoms with van der Waals surface area (Å²) >= 11 is 1.62. The number of benzene rings is 2. The Morgan fingerprint density at radius 1 is 0.833 bits per heavy atom. The predicted octanol–water partition coefficient (Wildman–Crippen LogP) is 4.66. The van der Waals surface area contributed by atoms with Crippen molar-refractivity contribution in [1.82, 2.24) is 4.90 Å². The molecule has 7 nitrogen and oxygen atoms in total. The summed E-state index contributed by atoms with van der Waals surface area (Å²) in [5.74, 6) is -1.43. The summed E-state index contributed by atoms with van der Waals surface area (Å²) in [4.78, 5) is 49.0. The number of thioether (sulfide) groups is 1. The fraction of sp³-hybridized carbons (Fsp3) is 0.441. The summed E-state index contributed by atoms with van der Waals surface area (Å²) in [5.41, 5.74) is 3.75. The van der Waals surface area contributed by atoms with Crippen LogP contribution in [0, 0.1) is 25.7 Å². The molecule has 0 radical (unpaired) electrons. The van der Waals surface area contributed by atoms with Crippen molar-refractivity contribution >= 4 is 40.9 Å². The highest BCUT2D eigenvalue weighted by atomic mass is 32.2. The minimum Gasteiger partial charge on any atom is -0.396 e. The molecule has 2 saturated heterocycles. The Morgan fingerprint density at radius 2 is 1.55 bits per heavy atom. The van der Waals surface area contributed by atoms with Crippen molar-refractivity contribution in [2.45, 2.75) is 55.6 Å². The summed E-state index contributed by atoms with van der Waals surface area (Å²) in [6.45, 7) is 5.52. The van der Waals surface area contributed by atoms with Gasteiger partial charge in [0.25, 0.3) is 5.91 Å². The van der Waals surface area contributed by atoms with Gasteiger partial charge in [-0.1, -0.05) is 73.5 Å². The second kappa shape index (κ2) is 11.7. The van der Waals surface area contributed by atoms with Gasteiger partial charge >= 0.3 is 0 Å². The Kier molecular flexibility index (Phi) is 8.03. The lowest BCUT2D eigenvalue weighted by Gasteiger charge is -2.36. The van der Waals surface area contributed by atoms with Crippen LogP contribution in [0.3, 0.4) is 0 Å². The van der Waals surface area contributed by atoms with Gasteiger partial charge in [0, 0.05) is 42.9 Å². The number of anilines is 2. The van der Waals surface area contributed by atoms with E-state index in [-0.39, 0.29) is 29.6 Å². The van der Waals surface area contributed by atoms with E-state index in [1.807, 2.05) is 79.4 Å². The standard InChI is InChI=1S/C34H39N3O4S/c1-23-13-10-14-24(2)29(23)36-21-12-18-34-28(32(40)37(30(34)33(36)41)19-8-3-4-9-22-38)27-26(42-34)17-11-20-35(31(27)39)25-15-6-5-7-16-25/h5-7,10-18,26-28,30,38H,3-4,8-9,19-22H2,1-2H3/t26-,27+,28-,30?,34-/m0/s1. The number of hydrogen-bond donors (Lipinski definition) is 1. The van der Waals surface area contributed by atoms with Gasteiger partial charge in [-0.05, 0) is 49.9 Å². The van der Waals surface area contributed by atoms with Crippen molar-refractivity contribution in [2.75, 3.05) is 36.0 Å². The number of aryl methyl sites for hydroxylation is 2. The maximum Gasteiger partial charge on any atom is 0.251 e. The molecule has 220 valence electrons. The molecule has 0 aromatic heterocycles. The number of likely N-dealkylation sites (tertiary alicyclic amines) is 1. The molecule has 2 fully saturated rings. The molecule has 0 bridgehead atoms. The third-order valence-corrected chi connectivity index (χ3v) is 11.0. The van der Waals surface area contributed by atoms with Crippen molar-refractivity contribution in [3.8, 4) is 0 Å². The molecule has 42 heavy (non-hydrogen) atoms. The largest absolute Gasteiger partial charge is 0.396 e. The number of carbonyl (C=O) groups excluding carboxylic acids is 3. The number of para-hydroxylation sites is 2. The molecular formula is C34H39N3O4S. The number of rotatable bonds is 8. The Balaban J connectivity index is 1.41. The zero-order chi connectivity index (χ0) is 29.4. The molecule has 4 heterocycles. The van der Waals surface area contributed by atoms with Gasteiger partial charge in [-0.25, -0.2) is 0 Å². The third kappa shape index (κ3) is 4.69. The smallest absolute Gasteiger partial charge is 0.251 e. The molecule has 1 N–H and O–H groups in total. The van der Waals surface area contributed by atoms with Crippen molar-refractivity contribution in [1.29, 1.82) is 0 Å². The maximum absolute atomic E-state index is 14.7. The van der Waals surface area contributed by atoms with Crippen LogP contribution in [-0.2, 0) is 14.4 Å². The van der Waals surface area contributed by atoms with Crippen LogP contribution >= 0.6 is 11.8 Å². The molecule has 5 atom stereocenters. The van der Waals surface area contributed by atoms with Gasteiger partial charge in [0.1, 0.15) is 6.04 Å². The Labute approximate surface area is 252 Å². The van der Waals surface area contributed by atoms with Crippen LogP contribution in [0.1, 0.15) is 36.8 Å². The van der Waals surface area contributed by atoms with E-state index in [4.69, 9.17) is 0 Å². The minimum atomic E-state index is -0.834. The number of unbranched alkanes of at least 4 members (excludes halogenated alkanes) is 3. The van der Waals surface area contributed by atoms with Gasteiger partial charge in [0.15, 0.2) is 0 Å². The lowest BCUT2D eigenvalue weighted by atomic mass is 9.78. The SMILES string of the molecule is Cc1cccc(C)c1N1CC=C[C@]23S[C@H]4C=CCN(c5ccccc5)C(=O)[C@H]4[C@H]2C(=O)N(CCCCCCO)C3C1=O. The molecule has 2 aromatic carbocycles. The van der Waals surface area contributed by atoms with E-state index in [0.29, 0.717) is 19.6 Å². The van der Waals surface area contributed by atoms with E-state index in [1.54, 1.807) is 21.6 Å². The Morgan fingerprint density at radius 3 is 2.29 bits per heavy atom. The first-order valence-electron chi connectivity index (χ1n) is 15.1. The average Bonchev–Trinajstić information content (AvgIpc) is 3.29. The molecule has 8 heteroatoms. The Hall–Kier alpha value is -3.36. The third-order valence-electron chi connectivity index (χ3n) is 9.24. The van der Waals surface area contributed by atoms with Crippen LogP contribution in [0.5, 0.6) is 0 Å². The molecule has 4 aliphatic heterocycles. The number of aliphatic hydroxyl groups excluding tert-OH is 1. The van der Waals surface area contributed by atoms with E-state index in [0.717, 1.165) is 48.2 Å². The number of carbonyl (C=O) groups is 3. The van der Waals surface area contributed by atoms with Crippen LogP contribution < -0.4 is 9.80 Å². The van der Waals surface area contributed by atoms with Gasteiger partial charge < -0.3 is 19.8 Å². The molecule has 2 aromatic rings. The van der Waals surface area contributed by atoms with Crippen LogP contribution in [0.4, 0.5) is 11.4 Å². The van der Waals surface area contributed by atoms with Crippen LogP contribution in [0.15, 0.2) is 72.8 Å². The van der Waals surface area contributed by atoms with E-state index < -0.39 is 22.6 Å². The van der Waals surface area contributed by atoms with E-state index in [1.165, 1.54) is 0 Å². The summed E-state index contributed by atoms with van der Waals surface area (Å²) in [5, 5.41) is 9.03. The van der Waals surface area contributed by atoms with Gasteiger partial charge in [-0.2, -0.15) is 0 Å². The second-order valence-electron chi connectivity index (χ2n) is 11.8. The zero-order valence-corrected chi connectivity index (χ0v) is 25.1. The zero-order valence-electron chi connectivity index (χ0n) is 24.3. The first kappa shape index (κ1) is 28.7. The lowest BCUT2D eigenvalue weighted by Crippen LogP contribution is -2.53. The number of aliphatic hydroxyl groups is 1. The summed E-state index contributed by atoms with van der Waals surface area (Å²) in [7, 11) is 0. The van der Waals surface area contributed by atoms with E-state index in [9.17, 15) is 19.5 Å². The average molecular weight is 586 g/mol. The van der Waals surface area contributed by atoms with Gasteiger partial charge in [0.05, 0.1) is 16.6 Å². The molecule has 1 spiro atoms. The highest BCUT2D eigenvalue weighted by Crippen LogP contribution is 2.61. The van der Waals surface area contributed by atoms with Crippen LogP contribution in [0.25, 0.3) is 0 Å². The molecule has 4 aliphatic rings. The van der Waals surface area contributed by atoms with Crippen LogP contribution in [-0.4, -0.2) is 70.0 Å². The van der Waals surface area contributed by atoms with Crippen molar-refractivity contribution in [2.24, 2.45) is 11.8 Å². The summed E-state index contributed by atoms with van der Waals surface area (Å²) in [6, 6.07) is 15.0. The number of hydrogen-bond acceptors (Lipinski definition) is 5. The molecule has 0 saturated carbocycles. The normalized spacial score (nSPS) is 28.5. The van der Waals surface area contributed by atoms with E-state index >= 15 is 0 Å². The number of fused-ring (bicyclic) bond motifs is 2. The van der Waals surface area contributed by atoms with Gasteiger partial charge in [-0.3, -0.25) is 14.4 Å². The topological polar surface area (TPSA) is 81.2 Å². The van der Waals surface area contributed by atoms with Gasteiger partial charge in [-0.15, -0.1) is 11.8 Å². The lowest BCUT2D eigenvalue weighted by molar-refractivity contribution is -0.138. The summed E-state index contributed by atoms with van der Waals surface area (Å²) < 4.78 is -0.834. The van der Waals surface area contributed by atoms with Crippen molar-refractivity contribution in [3.05, 3.63) is 84.0 Å². The monoisotopic (exact) mass is 585 g/mol. The van der Waals surface area contributed by atoms with Gasteiger partial charge in [0.2, 0.25) is 11.8 Å². The fourth-order valence-corrected chi connectivity index (χ4v) is 9.40. The molecular weight excluding hydrogens is 546 g/mol. The van der Waals surface area contributed by atoms with E-state index in [2.05, 4.69) is 12.2 Å². The second-order valence-corrected chi connectivity index (χ2v) is 13.3. The quantitative estimate of drug-likeness (QED) is 0.360. The highest BCUT2D eigenvalue weighted by Gasteiger charge is 2.71. The molecule has 0 aliphatic carbocycles. The molecule has 1 unspecified atom stereocenters. The summed E-state index contributed by atoms with van der Waals surface area (Å²) in [6.07, 6.45) is 11.4. The fourth-order valence-electron chi connectivity index (χ4n) is 7.40. The van der Waals surface area contributed by atoms with Crippen LogP contribution in [0.2, 0.25) is 0 Å². The van der Waals surface area contributed by atoms with Crippen molar-refractivity contribution < 1.29 is 19.5 Å². The highest BCUT2D eigenvalue weighted by molar-refractivity contribution is 8.02. The number of amides is 3. The number of nitrogens with zero attached hydrogens (tertiary/aromatic N) is 3. The first-order valence-corrected chi connectivity index (χ1v) is 15.9. The molecule has 6 rings (SSSR count). The minimum absolute atomic E-state index is 0.0563. The molecule has 3 amide bonds. The van der Waals surface area contributed by atoms with Crippen molar-refractivity contribution in [3.63, 3.8) is 0 Å². The predicted molar refractivity (Wildman–Crippen MR) is 167 cm³/mol. The Bertz CT molecular complexity index is 1400.